The molecule has 148 valence electrons. The zero-order valence-electron chi connectivity index (χ0n) is 15.7. The molecule has 0 unspecified atom stereocenters. The molecule has 0 saturated carbocycles. The average molecular weight is 384 g/mol. The summed E-state index contributed by atoms with van der Waals surface area (Å²) >= 11 is 0. The summed E-state index contributed by atoms with van der Waals surface area (Å²) < 4.78 is 12.9. The molecule has 1 heterocycles. The Hall–Kier alpha value is -2.93. The number of carbonyl (C=O) groups is 2. The lowest BCUT2D eigenvalue weighted by Gasteiger charge is -2.36. The lowest BCUT2D eigenvalue weighted by atomic mass is 10.2. The molecule has 6 nitrogen and oxygen atoms in total. The second kappa shape index (κ2) is 9.85. The van der Waals surface area contributed by atoms with Crippen LogP contribution in [0.3, 0.4) is 0 Å². The van der Waals surface area contributed by atoms with E-state index in [-0.39, 0.29) is 12.5 Å². The minimum atomic E-state index is -0.404. The van der Waals surface area contributed by atoms with E-state index < -0.39 is 11.7 Å². The zero-order chi connectivity index (χ0) is 19.8. The highest BCUT2D eigenvalue weighted by Gasteiger charge is 2.16. The normalized spacial score (nSPS) is 14.5. The van der Waals surface area contributed by atoms with E-state index in [1.165, 1.54) is 30.0 Å². The molecule has 1 fully saturated rings. The number of hydrogen-bond donors (Lipinski definition) is 2. The van der Waals surface area contributed by atoms with Crippen molar-refractivity contribution in [2.24, 2.45) is 0 Å². The lowest BCUT2D eigenvalue weighted by molar-refractivity contribution is -0.120. The Kier molecular flexibility index (Phi) is 6.97. The third-order valence-corrected chi connectivity index (χ3v) is 4.76. The molecule has 3 rings (SSSR count). The van der Waals surface area contributed by atoms with Crippen LogP contribution in [0, 0.1) is 5.82 Å². The molecule has 0 aromatic heterocycles. The highest BCUT2D eigenvalue weighted by atomic mass is 19.1. The second-order valence-electron chi connectivity index (χ2n) is 6.70. The topological polar surface area (TPSA) is 64.7 Å². The number of rotatable bonds is 7. The lowest BCUT2D eigenvalue weighted by Crippen LogP contribution is -2.49. The van der Waals surface area contributed by atoms with Crippen molar-refractivity contribution in [1.82, 2.24) is 15.5 Å². The van der Waals surface area contributed by atoms with Crippen LogP contribution in [0.2, 0.25) is 0 Å². The van der Waals surface area contributed by atoms with Crippen molar-refractivity contribution in [2.75, 3.05) is 50.7 Å². The number of benzene rings is 2. The predicted molar refractivity (Wildman–Crippen MR) is 107 cm³/mol. The van der Waals surface area contributed by atoms with E-state index in [0.717, 1.165) is 32.7 Å². The van der Waals surface area contributed by atoms with E-state index in [1.54, 1.807) is 0 Å². The first kappa shape index (κ1) is 19.8. The van der Waals surface area contributed by atoms with Gasteiger partial charge in [0.25, 0.3) is 5.91 Å². The van der Waals surface area contributed by atoms with Crippen LogP contribution in [-0.2, 0) is 4.79 Å². The largest absolute Gasteiger partial charge is 0.369 e. The Bertz CT molecular complexity index is 775. The van der Waals surface area contributed by atoms with Crippen LogP contribution in [0.25, 0.3) is 0 Å². The standard InChI is InChI=1S/C21H25FN4O2/c22-18-8-6-17(7-9-18)21(28)24-16-20(27)23-10-11-25-12-14-26(15-13-25)19-4-2-1-3-5-19/h1-9H,10-16H2,(H,23,27)(H,24,28). The summed E-state index contributed by atoms with van der Waals surface area (Å²) in [6.45, 7) is 5.05. The zero-order valence-corrected chi connectivity index (χ0v) is 15.7. The van der Waals surface area contributed by atoms with Crippen molar-refractivity contribution in [3.05, 3.63) is 66.0 Å². The van der Waals surface area contributed by atoms with Crippen molar-refractivity contribution in [1.29, 1.82) is 0 Å². The molecule has 1 saturated heterocycles. The summed E-state index contributed by atoms with van der Waals surface area (Å²) in [6, 6.07) is 15.6. The molecule has 2 aromatic rings. The van der Waals surface area contributed by atoms with E-state index in [4.69, 9.17) is 0 Å². The van der Waals surface area contributed by atoms with Crippen LogP contribution in [0.15, 0.2) is 54.6 Å². The Morgan fingerprint density at radius 1 is 0.893 bits per heavy atom. The summed E-state index contributed by atoms with van der Waals surface area (Å²) in [7, 11) is 0. The molecule has 0 bridgehead atoms. The van der Waals surface area contributed by atoms with Crippen molar-refractivity contribution in [3.8, 4) is 0 Å². The number of hydrogen-bond acceptors (Lipinski definition) is 4. The molecule has 1 aliphatic rings. The molecule has 28 heavy (non-hydrogen) atoms. The molecule has 0 atom stereocenters. The summed E-state index contributed by atoms with van der Waals surface area (Å²) in [5, 5.41) is 5.36. The predicted octanol–water partition coefficient (Wildman–Crippen LogP) is 1.49. The number of amides is 2. The molecular weight excluding hydrogens is 359 g/mol. The first-order valence-corrected chi connectivity index (χ1v) is 9.44. The fourth-order valence-corrected chi connectivity index (χ4v) is 3.15. The number of nitrogens with one attached hydrogen (secondary N) is 2. The average Bonchev–Trinajstić information content (AvgIpc) is 2.74. The molecule has 1 aliphatic heterocycles. The highest BCUT2D eigenvalue weighted by Crippen LogP contribution is 2.15. The number of piperazine rings is 1. The van der Waals surface area contributed by atoms with Crippen LogP contribution in [0.5, 0.6) is 0 Å². The first-order valence-electron chi connectivity index (χ1n) is 9.44. The van der Waals surface area contributed by atoms with Crippen LogP contribution in [0.1, 0.15) is 10.4 Å². The summed E-state index contributed by atoms with van der Waals surface area (Å²) in [5.74, 6) is -1.04. The van der Waals surface area contributed by atoms with Gasteiger partial charge in [-0.3, -0.25) is 14.5 Å². The molecule has 0 spiro atoms. The maximum atomic E-state index is 12.9. The summed E-state index contributed by atoms with van der Waals surface area (Å²) in [6.07, 6.45) is 0. The van der Waals surface area contributed by atoms with Crippen molar-refractivity contribution >= 4 is 17.5 Å². The van der Waals surface area contributed by atoms with Gasteiger partial charge in [0.05, 0.1) is 6.54 Å². The van der Waals surface area contributed by atoms with Gasteiger partial charge in [-0.2, -0.15) is 0 Å². The maximum Gasteiger partial charge on any atom is 0.251 e. The molecule has 7 heteroatoms. The van der Waals surface area contributed by atoms with Gasteiger partial charge in [0.2, 0.25) is 5.91 Å². The van der Waals surface area contributed by atoms with Gasteiger partial charge >= 0.3 is 0 Å². The van der Waals surface area contributed by atoms with E-state index in [0.29, 0.717) is 12.1 Å². The maximum absolute atomic E-state index is 12.9. The van der Waals surface area contributed by atoms with Gasteiger partial charge in [-0.1, -0.05) is 18.2 Å². The highest BCUT2D eigenvalue weighted by molar-refractivity contribution is 5.96. The number of carbonyl (C=O) groups excluding carboxylic acids is 2. The van der Waals surface area contributed by atoms with Crippen molar-refractivity contribution in [2.45, 2.75) is 0 Å². The third-order valence-electron chi connectivity index (χ3n) is 4.76. The van der Waals surface area contributed by atoms with Crippen molar-refractivity contribution in [3.63, 3.8) is 0 Å². The fourth-order valence-electron chi connectivity index (χ4n) is 3.15. The van der Waals surface area contributed by atoms with E-state index in [1.807, 2.05) is 18.2 Å². The van der Waals surface area contributed by atoms with Crippen LogP contribution >= 0.6 is 0 Å². The fraction of sp³-hybridized carbons (Fsp3) is 0.333. The van der Waals surface area contributed by atoms with Gasteiger partial charge < -0.3 is 15.5 Å². The molecule has 2 amide bonds. The second-order valence-corrected chi connectivity index (χ2v) is 6.70. The first-order chi connectivity index (χ1) is 13.6. The van der Waals surface area contributed by atoms with E-state index in [9.17, 15) is 14.0 Å². The molecule has 2 N–H and O–H groups in total. The third kappa shape index (κ3) is 5.79. The monoisotopic (exact) mass is 384 g/mol. The molecule has 0 radical (unpaired) electrons. The van der Waals surface area contributed by atoms with Gasteiger partial charge in [-0.05, 0) is 36.4 Å². The Morgan fingerprint density at radius 2 is 1.57 bits per heavy atom. The number of para-hydroxylation sites is 1. The van der Waals surface area contributed by atoms with Crippen molar-refractivity contribution < 1.29 is 14.0 Å². The summed E-state index contributed by atoms with van der Waals surface area (Å²) in [4.78, 5) is 28.5. The molecule has 2 aromatic carbocycles. The van der Waals surface area contributed by atoms with Crippen LogP contribution in [0.4, 0.5) is 10.1 Å². The smallest absolute Gasteiger partial charge is 0.251 e. The van der Waals surface area contributed by atoms with Gasteiger partial charge in [0.15, 0.2) is 0 Å². The number of halogens is 1. The van der Waals surface area contributed by atoms with Crippen LogP contribution < -0.4 is 15.5 Å². The quantitative estimate of drug-likeness (QED) is 0.759. The number of nitrogens with zero attached hydrogens (tertiary/aromatic N) is 2. The van der Waals surface area contributed by atoms with E-state index >= 15 is 0 Å². The molecular formula is C21H25FN4O2. The van der Waals surface area contributed by atoms with Gasteiger partial charge in [0, 0.05) is 50.5 Å². The minimum Gasteiger partial charge on any atom is -0.369 e. The molecule has 0 aliphatic carbocycles. The number of anilines is 1. The Balaban J connectivity index is 1.30. The van der Waals surface area contributed by atoms with Gasteiger partial charge in [-0.15, -0.1) is 0 Å². The minimum absolute atomic E-state index is 0.0992. The van der Waals surface area contributed by atoms with Crippen LogP contribution in [-0.4, -0.2) is 62.5 Å². The SMILES string of the molecule is O=C(CNC(=O)c1ccc(F)cc1)NCCN1CCN(c2ccccc2)CC1. The van der Waals surface area contributed by atoms with Gasteiger partial charge in [-0.25, -0.2) is 4.39 Å². The van der Waals surface area contributed by atoms with Gasteiger partial charge in [0.1, 0.15) is 5.82 Å². The Morgan fingerprint density at radius 3 is 2.25 bits per heavy atom. The van der Waals surface area contributed by atoms with E-state index in [2.05, 4.69) is 32.6 Å². The Labute approximate surface area is 164 Å². The summed E-state index contributed by atoms with van der Waals surface area (Å²) in [5.41, 5.74) is 1.57.